The molecular weight excluding hydrogens is 326 g/mol. The molecule has 0 fully saturated rings. The van der Waals surface area contributed by atoms with Gasteiger partial charge in [-0.15, -0.1) is 0 Å². The maximum absolute atomic E-state index is 12.8. The molecule has 0 radical (unpaired) electrons. The minimum Gasteiger partial charge on any atom is -0.465 e. The first-order chi connectivity index (χ1) is 11.2. The zero-order valence-corrected chi connectivity index (χ0v) is 15.1. The van der Waals surface area contributed by atoms with Crippen LogP contribution in [0.5, 0.6) is 5.75 Å². The van der Waals surface area contributed by atoms with Crippen LogP contribution in [0.4, 0.5) is 11.4 Å². The molecule has 0 saturated carbocycles. The van der Waals surface area contributed by atoms with Gasteiger partial charge in [-0.3, -0.25) is 9.59 Å². The summed E-state index contributed by atoms with van der Waals surface area (Å²) in [5.74, 6) is -0.397. The summed E-state index contributed by atoms with van der Waals surface area (Å²) in [6.07, 6.45) is 0. The van der Waals surface area contributed by atoms with E-state index < -0.39 is 17.4 Å². The van der Waals surface area contributed by atoms with Crippen LogP contribution in [0.1, 0.15) is 23.1 Å². The van der Waals surface area contributed by atoms with Gasteiger partial charge in [0.1, 0.15) is 5.75 Å². The summed E-state index contributed by atoms with van der Waals surface area (Å²) in [7, 11) is 1.65. The molecule has 2 heterocycles. The van der Waals surface area contributed by atoms with Crippen LogP contribution in [0.2, 0.25) is 0 Å². The maximum atomic E-state index is 12.8. The van der Waals surface area contributed by atoms with Crippen LogP contribution in [0.25, 0.3) is 0 Å². The molecule has 1 aromatic carbocycles. The molecular formula is C17H19N3O3S. The quantitative estimate of drug-likeness (QED) is 0.850. The molecule has 0 spiro atoms. The Kier molecular flexibility index (Phi) is 3.83. The van der Waals surface area contributed by atoms with Gasteiger partial charge in [0.2, 0.25) is 0 Å². The number of aromatic nitrogens is 1. The third kappa shape index (κ3) is 2.45. The third-order valence-corrected chi connectivity index (χ3v) is 5.05. The number of likely N-dealkylation sites (N-methyl/N-ethyl adjacent to an activating group) is 1. The molecule has 1 N–H and O–H groups in total. The molecule has 7 heteroatoms. The van der Waals surface area contributed by atoms with Gasteiger partial charge in [-0.2, -0.15) is 4.37 Å². The highest BCUT2D eigenvalue weighted by Gasteiger charge is 2.50. The number of rotatable bonds is 2. The van der Waals surface area contributed by atoms with E-state index in [2.05, 4.69) is 9.69 Å². The van der Waals surface area contributed by atoms with Crippen LogP contribution in [0.15, 0.2) is 18.2 Å². The number of aryl methyl sites for hydroxylation is 3. The van der Waals surface area contributed by atoms with Gasteiger partial charge in [0.05, 0.1) is 17.1 Å². The molecule has 24 heavy (non-hydrogen) atoms. The van der Waals surface area contributed by atoms with E-state index in [9.17, 15) is 9.59 Å². The van der Waals surface area contributed by atoms with Crippen LogP contribution in [0, 0.1) is 20.8 Å². The summed E-state index contributed by atoms with van der Waals surface area (Å²) in [4.78, 5) is 28.0. The highest BCUT2D eigenvalue weighted by molar-refractivity contribution is 7.06. The third-order valence-electron chi connectivity index (χ3n) is 4.21. The average molecular weight is 345 g/mol. The number of carbonyl (C=O) groups excluding carboxylic acids is 2. The molecule has 1 aliphatic rings. The molecule has 1 aromatic heterocycles. The van der Waals surface area contributed by atoms with Gasteiger partial charge >= 0.3 is 0 Å². The van der Waals surface area contributed by atoms with Crippen molar-refractivity contribution in [2.45, 2.75) is 33.3 Å². The molecule has 0 aliphatic carbocycles. The van der Waals surface area contributed by atoms with Gasteiger partial charge in [-0.1, -0.05) is 6.07 Å². The monoisotopic (exact) mass is 345 g/mol. The van der Waals surface area contributed by atoms with E-state index in [0.29, 0.717) is 17.1 Å². The molecule has 2 amide bonds. The number of nitrogens with one attached hydrogen (secondary N) is 1. The lowest BCUT2D eigenvalue weighted by Gasteiger charge is -2.38. The van der Waals surface area contributed by atoms with E-state index in [1.165, 1.54) is 23.4 Å². The lowest BCUT2D eigenvalue weighted by atomic mass is 9.99. The van der Waals surface area contributed by atoms with Crippen molar-refractivity contribution in [1.82, 2.24) is 4.37 Å². The van der Waals surface area contributed by atoms with Crippen molar-refractivity contribution in [3.8, 4) is 5.75 Å². The van der Waals surface area contributed by atoms with Gasteiger partial charge in [-0.05, 0) is 56.9 Å². The van der Waals surface area contributed by atoms with Crippen molar-refractivity contribution in [1.29, 1.82) is 0 Å². The highest BCUT2D eigenvalue weighted by atomic mass is 32.1. The fraction of sp³-hybridized carbons (Fsp3) is 0.353. The maximum Gasteiger partial charge on any atom is 0.280 e. The fourth-order valence-electron chi connectivity index (χ4n) is 2.71. The number of anilines is 2. The van der Waals surface area contributed by atoms with Crippen LogP contribution >= 0.6 is 11.5 Å². The number of ether oxygens (including phenoxy) is 1. The van der Waals surface area contributed by atoms with Crippen molar-refractivity contribution in [2.75, 3.05) is 17.3 Å². The molecule has 1 atom stereocenters. The minimum atomic E-state index is -1.63. The predicted octanol–water partition coefficient (Wildman–Crippen LogP) is 2.82. The van der Waals surface area contributed by atoms with Crippen molar-refractivity contribution in [3.63, 3.8) is 0 Å². The normalized spacial score (nSPS) is 19.7. The lowest BCUT2D eigenvalue weighted by molar-refractivity contribution is -0.144. The van der Waals surface area contributed by atoms with Crippen molar-refractivity contribution in [3.05, 3.63) is 34.3 Å². The number of carbonyl (C=O) groups is 2. The number of hydrogen-bond donors (Lipinski definition) is 1. The summed E-state index contributed by atoms with van der Waals surface area (Å²) < 4.78 is 10.0. The zero-order valence-electron chi connectivity index (χ0n) is 14.3. The first kappa shape index (κ1) is 16.4. The summed E-state index contributed by atoms with van der Waals surface area (Å²) in [5.41, 5.74) is 1.41. The van der Waals surface area contributed by atoms with Crippen LogP contribution in [-0.4, -0.2) is 28.8 Å². The molecule has 1 aliphatic heterocycles. The molecule has 2 aromatic rings. The standard InChI is InChI=1S/C17H19N3O3S/c1-9-6-7-13-12(8-9)20(5)16(22)17(4,23-13)15(21)18-14-10(2)19-24-11(14)3/h6-8H,1-5H3,(H,18,21). The second-order valence-corrected chi connectivity index (χ2v) is 7.10. The van der Waals surface area contributed by atoms with E-state index in [0.717, 1.165) is 16.1 Å². The van der Waals surface area contributed by atoms with Gasteiger partial charge in [-0.25, -0.2) is 0 Å². The Morgan fingerprint density at radius 3 is 2.67 bits per heavy atom. The first-order valence-corrected chi connectivity index (χ1v) is 8.33. The molecule has 6 nitrogen and oxygen atoms in total. The smallest absolute Gasteiger partial charge is 0.280 e. The molecule has 1 unspecified atom stereocenters. The lowest BCUT2D eigenvalue weighted by Crippen LogP contribution is -2.59. The van der Waals surface area contributed by atoms with E-state index >= 15 is 0 Å². The Hall–Kier alpha value is -2.41. The first-order valence-electron chi connectivity index (χ1n) is 7.56. The number of nitrogens with zero attached hydrogens (tertiary/aromatic N) is 2. The van der Waals surface area contributed by atoms with Gasteiger partial charge in [0.15, 0.2) is 0 Å². The number of amides is 2. The molecule has 126 valence electrons. The zero-order chi connectivity index (χ0) is 17.6. The summed E-state index contributed by atoms with van der Waals surface area (Å²) >= 11 is 1.31. The van der Waals surface area contributed by atoms with E-state index in [1.807, 2.05) is 32.9 Å². The second kappa shape index (κ2) is 5.59. The van der Waals surface area contributed by atoms with Crippen molar-refractivity contribution >= 4 is 34.7 Å². The van der Waals surface area contributed by atoms with Crippen LogP contribution < -0.4 is 15.0 Å². The summed E-state index contributed by atoms with van der Waals surface area (Å²) in [5, 5.41) is 2.80. The SMILES string of the molecule is Cc1ccc2c(c1)N(C)C(=O)C(C)(C(=O)Nc1c(C)nsc1C)O2. The Balaban J connectivity index is 1.96. The molecule has 0 saturated heterocycles. The van der Waals surface area contributed by atoms with Gasteiger partial charge < -0.3 is 15.0 Å². The van der Waals surface area contributed by atoms with Gasteiger partial charge in [0.25, 0.3) is 17.4 Å². The van der Waals surface area contributed by atoms with Gasteiger partial charge in [0, 0.05) is 11.9 Å². The Morgan fingerprint density at radius 2 is 2.04 bits per heavy atom. The predicted molar refractivity (Wildman–Crippen MR) is 93.8 cm³/mol. The highest BCUT2D eigenvalue weighted by Crippen LogP contribution is 2.38. The topological polar surface area (TPSA) is 71.5 Å². The average Bonchev–Trinajstić information content (AvgIpc) is 2.85. The largest absolute Gasteiger partial charge is 0.465 e. The Morgan fingerprint density at radius 1 is 1.33 bits per heavy atom. The van der Waals surface area contributed by atoms with Crippen LogP contribution in [0.3, 0.4) is 0 Å². The molecule has 3 rings (SSSR count). The Labute approximate surface area is 144 Å². The second-order valence-electron chi connectivity index (χ2n) is 6.12. The number of fused-ring (bicyclic) bond motifs is 1. The Bertz CT molecular complexity index is 826. The van der Waals surface area contributed by atoms with Crippen molar-refractivity contribution < 1.29 is 14.3 Å². The van der Waals surface area contributed by atoms with Crippen LogP contribution in [-0.2, 0) is 9.59 Å². The van der Waals surface area contributed by atoms with Crippen molar-refractivity contribution in [2.24, 2.45) is 0 Å². The van der Waals surface area contributed by atoms with E-state index in [-0.39, 0.29) is 0 Å². The number of hydrogen-bond acceptors (Lipinski definition) is 5. The summed E-state index contributed by atoms with van der Waals surface area (Å²) in [6.45, 7) is 7.12. The summed E-state index contributed by atoms with van der Waals surface area (Å²) in [6, 6.07) is 5.53. The number of benzene rings is 1. The van der Waals surface area contributed by atoms with E-state index in [4.69, 9.17) is 4.74 Å². The fourth-order valence-corrected chi connectivity index (χ4v) is 3.36. The minimum absolute atomic E-state index is 0.406. The molecule has 0 bridgehead atoms. The van der Waals surface area contributed by atoms with E-state index in [1.54, 1.807) is 13.1 Å².